The van der Waals surface area contributed by atoms with Gasteiger partial charge in [-0.25, -0.2) is 4.98 Å². The van der Waals surface area contributed by atoms with Crippen molar-refractivity contribution in [3.05, 3.63) is 22.8 Å². The van der Waals surface area contributed by atoms with Crippen molar-refractivity contribution >= 4 is 40.0 Å². The standard InChI is InChI=1S/C9H13BrN4S/c1-7(2)15-14(13-6-11)9-4-3-8(10)5-12-9/h3-7H,1-2H3,(H2,11,13). The lowest BCUT2D eigenvalue weighted by molar-refractivity contribution is 1.07. The van der Waals surface area contributed by atoms with Crippen molar-refractivity contribution in [1.29, 1.82) is 0 Å². The maximum absolute atomic E-state index is 5.29. The van der Waals surface area contributed by atoms with E-state index in [9.17, 15) is 0 Å². The van der Waals surface area contributed by atoms with Crippen LogP contribution in [0.15, 0.2) is 27.9 Å². The van der Waals surface area contributed by atoms with Crippen molar-refractivity contribution in [2.75, 3.05) is 4.41 Å². The number of anilines is 1. The highest BCUT2D eigenvalue weighted by atomic mass is 79.9. The van der Waals surface area contributed by atoms with Gasteiger partial charge in [-0.05, 0) is 40.0 Å². The summed E-state index contributed by atoms with van der Waals surface area (Å²) in [5, 5.41) is 4.45. The molecule has 0 aliphatic rings. The second-order valence-corrected chi connectivity index (χ2v) is 5.44. The molecule has 1 aromatic heterocycles. The molecule has 0 saturated carbocycles. The Hall–Kier alpha value is -0.750. The summed E-state index contributed by atoms with van der Waals surface area (Å²) in [7, 11) is 0. The maximum atomic E-state index is 5.29. The minimum absolute atomic E-state index is 0.416. The second kappa shape index (κ2) is 5.97. The topological polar surface area (TPSA) is 54.5 Å². The largest absolute Gasteiger partial charge is 0.388 e. The van der Waals surface area contributed by atoms with Crippen LogP contribution in [0.25, 0.3) is 0 Å². The zero-order valence-corrected chi connectivity index (χ0v) is 11.0. The summed E-state index contributed by atoms with van der Waals surface area (Å²) in [4.78, 5) is 4.24. The molecule has 1 aromatic rings. The number of hydrogen-bond acceptors (Lipinski definition) is 4. The molecular weight excluding hydrogens is 276 g/mol. The fraction of sp³-hybridized carbons (Fsp3) is 0.333. The van der Waals surface area contributed by atoms with Gasteiger partial charge < -0.3 is 5.73 Å². The predicted molar refractivity (Wildman–Crippen MR) is 69.8 cm³/mol. The highest BCUT2D eigenvalue weighted by Crippen LogP contribution is 2.24. The Morgan fingerprint density at radius 1 is 1.60 bits per heavy atom. The Morgan fingerprint density at radius 3 is 2.80 bits per heavy atom. The molecule has 0 aromatic carbocycles. The van der Waals surface area contributed by atoms with Crippen molar-refractivity contribution in [1.82, 2.24) is 4.98 Å². The lowest BCUT2D eigenvalue weighted by Crippen LogP contribution is -2.13. The van der Waals surface area contributed by atoms with E-state index in [4.69, 9.17) is 5.73 Å². The normalized spacial score (nSPS) is 11.2. The number of hydrogen-bond donors (Lipinski definition) is 1. The molecule has 15 heavy (non-hydrogen) atoms. The molecule has 1 rings (SSSR count). The van der Waals surface area contributed by atoms with E-state index in [2.05, 4.69) is 39.9 Å². The van der Waals surface area contributed by atoms with Gasteiger partial charge in [0.2, 0.25) is 0 Å². The Kier molecular flexibility index (Phi) is 4.90. The smallest absolute Gasteiger partial charge is 0.160 e. The van der Waals surface area contributed by atoms with E-state index in [0.29, 0.717) is 5.25 Å². The van der Waals surface area contributed by atoms with E-state index >= 15 is 0 Å². The first-order chi connectivity index (χ1) is 7.13. The summed E-state index contributed by atoms with van der Waals surface area (Å²) < 4.78 is 2.65. The Balaban J connectivity index is 2.83. The Morgan fingerprint density at radius 2 is 2.33 bits per heavy atom. The molecule has 82 valence electrons. The van der Waals surface area contributed by atoms with Crippen LogP contribution in [0.2, 0.25) is 0 Å². The summed E-state index contributed by atoms with van der Waals surface area (Å²) in [6, 6.07) is 3.80. The number of halogens is 1. The molecule has 0 amide bonds. The fourth-order valence-electron chi connectivity index (χ4n) is 0.882. The third-order valence-electron chi connectivity index (χ3n) is 1.39. The monoisotopic (exact) mass is 288 g/mol. The summed E-state index contributed by atoms with van der Waals surface area (Å²) in [6.45, 7) is 4.17. The molecule has 0 aliphatic carbocycles. The molecule has 0 saturated heterocycles. The van der Waals surface area contributed by atoms with Crippen molar-refractivity contribution in [3.63, 3.8) is 0 Å². The number of nitrogens with zero attached hydrogens (tertiary/aromatic N) is 3. The predicted octanol–water partition coefficient (Wildman–Crippen LogP) is 2.61. The molecule has 0 atom stereocenters. The second-order valence-electron chi connectivity index (χ2n) is 3.03. The van der Waals surface area contributed by atoms with Gasteiger partial charge in [0.1, 0.15) is 6.34 Å². The van der Waals surface area contributed by atoms with Crippen LogP contribution in [0, 0.1) is 0 Å². The number of pyridine rings is 1. The first-order valence-electron chi connectivity index (χ1n) is 4.46. The molecule has 6 heteroatoms. The van der Waals surface area contributed by atoms with E-state index in [1.807, 2.05) is 12.1 Å². The highest BCUT2D eigenvalue weighted by Gasteiger charge is 2.08. The van der Waals surface area contributed by atoms with Gasteiger partial charge in [-0.2, -0.15) is 9.52 Å². The molecule has 0 fully saturated rings. The number of rotatable bonds is 4. The van der Waals surface area contributed by atoms with Gasteiger partial charge >= 0.3 is 0 Å². The SMILES string of the molecule is CC(C)SN(/N=C\N)c1ccc(Br)cn1. The summed E-state index contributed by atoms with van der Waals surface area (Å²) in [5.41, 5.74) is 5.29. The average molecular weight is 289 g/mol. The van der Waals surface area contributed by atoms with Crippen LogP contribution in [0.4, 0.5) is 5.82 Å². The van der Waals surface area contributed by atoms with Crippen LogP contribution in [0.3, 0.4) is 0 Å². The van der Waals surface area contributed by atoms with Gasteiger partial charge in [-0.3, -0.25) is 0 Å². The van der Waals surface area contributed by atoms with Crippen molar-refractivity contribution < 1.29 is 0 Å². The van der Waals surface area contributed by atoms with Crippen molar-refractivity contribution in [3.8, 4) is 0 Å². The first-order valence-corrected chi connectivity index (χ1v) is 6.09. The van der Waals surface area contributed by atoms with Crippen LogP contribution in [0.5, 0.6) is 0 Å². The third-order valence-corrected chi connectivity index (χ3v) is 2.76. The number of nitrogens with two attached hydrogens (primary N) is 1. The minimum Gasteiger partial charge on any atom is -0.388 e. The summed E-state index contributed by atoms with van der Waals surface area (Å²) in [5.74, 6) is 0.763. The Bertz CT molecular complexity index is 325. The lowest BCUT2D eigenvalue weighted by Gasteiger charge is -2.17. The Labute approximate surface area is 102 Å². The lowest BCUT2D eigenvalue weighted by atomic mass is 10.5. The molecule has 0 radical (unpaired) electrons. The summed E-state index contributed by atoms with van der Waals surface area (Å²) >= 11 is 4.89. The zero-order valence-electron chi connectivity index (χ0n) is 8.59. The molecule has 0 bridgehead atoms. The van der Waals surface area contributed by atoms with Gasteiger partial charge in [-0.15, -0.1) is 0 Å². The highest BCUT2D eigenvalue weighted by molar-refractivity contribution is 9.10. The molecule has 2 N–H and O–H groups in total. The third kappa shape index (κ3) is 4.09. The van der Waals surface area contributed by atoms with E-state index in [-0.39, 0.29) is 0 Å². The van der Waals surface area contributed by atoms with Crippen LogP contribution >= 0.6 is 27.9 Å². The molecular formula is C9H13BrN4S. The molecule has 1 heterocycles. The molecule has 0 unspecified atom stereocenters. The number of aromatic nitrogens is 1. The van der Waals surface area contributed by atoms with Crippen LogP contribution in [-0.4, -0.2) is 16.6 Å². The van der Waals surface area contributed by atoms with Gasteiger partial charge in [0.05, 0.1) is 0 Å². The van der Waals surface area contributed by atoms with Gasteiger partial charge in [0.15, 0.2) is 5.82 Å². The summed E-state index contributed by atoms with van der Waals surface area (Å²) in [6.07, 6.45) is 2.99. The minimum atomic E-state index is 0.416. The van der Waals surface area contributed by atoms with Crippen LogP contribution < -0.4 is 10.1 Å². The quantitative estimate of drug-likeness (QED) is 0.400. The number of hydrazone groups is 1. The van der Waals surface area contributed by atoms with E-state index in [1.54, 1.807) is 22.6 Å². The maximum Gasteiger partial charge on any atom is 0.160 e. The van der Waals surface area contributed by atoms with E-state index in [0.717, 1.165) is 10.3 Å². The average Bonchev–Trinajstić information content (AvgIpc) is 2.17. The zero-order chi connectivity index (χ0) is 11.3. The van der Waals surface area contributed by atoms with E-state index in [1.165, 1.54) is 6.34 Å². The van der Waals surface area contributed by atoms with Crippen molar-refractivity contribution in [2.45, 2.75) is 19.1 Å². The van der Waals surface area contributed by atoms with E-state index < -0.39 is 0 Å². The van der Waals surface area contributed by atoms with Crippen LogP contribution in [-0.2, 0) is 0 Å². The molecule has 0 aliphatic heterocycles. The van der Waals surface area contributed by atoms with Crippen molar-refractivity contribution in [2.24, 2.45) is 10.8 Å². The molecule has 0 spiro atoms. The van der Waals surface area contributed by atoms with Crippen LogP contribution in [0.1, 0.15) is 13.8 Å². The van der Waals surface area contributed by atoms with Gasteiger partial charge in [-0.1, -0.05) is 13.8 Å². The van der Waals surface area contributed by atoms with Gasteiger partial charge in [0, 0.05) is 15.9 Å². The van der Waals surface area contributed by atoms with Gasteiger partial charge in [0.25, 0.3) is 0 Å². The fourth-order valence-corrected chi connectivity index (χ4v) is 1.84. The first kappa shape index (κ1) is 12.3. The molecule has 4 nitrogen and oxygen atoms in total.